The van der Waals surface area contributed by atoms with E-state index in [0.717, 1.165) is 5.56 Å². The molecule has 0 radical (unpaired) electrons. The number of amides is 1. The van der Waals surface area contributed by atoms with Gasteiger partial charge in [-0.2, -0.15) is 0 Å². The van der Waals surface area contributed by atoms with Gasteiger partial charge in [0.25, 0.3) is 0 Å². The average Bonchev–Trinajstić information content (AvgIpc) is 2.42. The topological polar surface area (TPSA) is 46.6 Å². The second kappa shape index (κ2) is 8.12. The molecule has 1 aromatic carbocycles. The molecule has 0 spiro atoms. The third kappa shape index (κ3) is 5.02. The Morgan fingerprint density at radius 3 is 2.55 bits per heavy atom. The van der Waals surface area contributed by atoms with Gasteiger partial charge in [-0.15, -0.1) is 0 Å². The van der Waals surface area contributed by atoms with Gasteiger partial charge in [-0.25, -0.2) is 0 Å². The summed E-state index contributed by atoms with van der Waals surface area (Å²) in [6.07, 6.45) is 0.370. The molecular weight excluding hydrogens is 301 g/mol. The van der Waals surface area contributed by atoms with Crippen molar-refractivity contribution in [1.82, 2.24) is 4.90 Å². The van der Waals surface area contributed by atoms with Gasteiger partial charge in [0.05, 0.1) is 20.0 Å². The van der Waals surface area contributed by atoms with Crippen molar-refractivity contribution in [3.63, 3.8) is 0 Å². The Kier molecular flexibility index (Phi) is 6.82. The van der Waals surface area contributed by atoms with Crippen LogP contribution in [0, 0.1) is 0 Å². The number of hydrogen-bond acceptors (Lipinski definition) is 3. The Hall–Kier alpha value is -1.26. The number of hydrogen-bond donors (Lipinski definition) is 0. The summed E-state index contributed by atoms with van der Waals surface area (Å²) in [5.74, 6) is -0.415. The molecule has 0 aromatic heterocycles. The van der Waals surface area contributed by atoms with Crippen LogP contribution in [-0.2, 0) is 20.7 Å². The number of nitrogens with zero attached hydrogens (tertiary/aromatic N) is 1. The number of esters is 1. The van der Waals surface area contributed by atoms with Gasteiger partial charge in [0.15, 0.2) is 0 Å². The maximum absolute atomic E-state index is 12.2. The summed E-state index contributed by atoms with van der Waals surface area (Å²) >= 11 is 11.9. The van der Waals surface area contributed by atoms with Gasteiger partial charge < -0.3 is 9.64 Å². The number of carbonyl (C=O) groups excluding carboxylic acids is 2. The van der Waals surface area contributed by atoms with Crippen molar-refractivity contribution < 1.29 is 14.3 Å². The Labute approximate surface area is 128 Å². The molecule has 20 heavy (non-hydrogen) atoms. The van der Waals surface area contributed by atoms with Crippen molar-refractivity contribution in [2.75, 3.05) is 20.2 Å². The summed E-state index contributed by atoms with van der Waals surface area (Å²) in [4.78, 5) is 24.9. The molecule has 1 rings (SSSR count). The molecule has 1 aromatic rings. The second-order valence-electron chi connectivity index (χ2n) is 4.21. The van der Waals surface area contributed by atoms with Crippen molar-refractivity contribution in [3.8, 4) is 0 Å². The fourth-order valence-corrected chi connectivity index (χ4v) is 2.20. The van der Waals surface area contributed by atoms with E-state index in [0.29, 0.717) is 23.1 Å². The van der Waals surface area contributed by atoms with Crippen LogP contribution >= 0.6 is 23.2 Å². The van der Waals surface area contributed by atoms with Crippen molar-refractivity contribution in [3.05, 3.63) is 33.8 Å². The highest BCUT2D eigenvalue weighted by Gasteiger charge is 2.15. The van der Waals surface area contributed by atoms with Crippen molar-refractivity contribution in [2.24, 2.45) is 0 Å². The van der Waals surface area contributed by atoms with E-state index in [1.54, 1.807) is 23.1 Å². The monoisotopic (exact) mass is 317 g/mol. The van der Waals surface area contributed by atoms with Crippen LogP contribution < -0.4 is 0 Å². The number of methoxy groups -OCH3 is 1. The Bertz CT molecular complexity index is 491. The molecular formula is C14H17Cl2NO3. The largest absolute Gasteiger partial charge is 0.469 e. The fourth-order valence-electron chi connectivity index (χ4n) is 1.73. The van der Waals surface area contributed by atoms with E-state index in [2.05, 4.69) is 4.74 Å². The SMILES string of the molecule is CCN(CCC(=O)OC)C(=O)Cc1ccc(Cl)cc1Cl. The molecule has 0 N–H and O–H groups in total. The van der Waals surface area contributed by atoms with Crippen molar-refractivity contribution in [1.29, 1.82) is 0 Å². The van der Waals surface area contributed by atoms with E-state index < -0.39 is 0 Å². The van der Waals surface area contributed by atoms with Crippen LogP contribution in [0.4, 0.5) is 0 Å². The minimum absolute atomic E-state index is 0.0828. The predicted molar refractivity (Wildman–Crippen MR) is 79.1 cm³/mol. The lowest BCUT2D eigenvalue weighted by Crippen LogP contribution is -2.34. The standard InChI is InChI=1S/C14H17Cl2NO3/c1-3-17(7-6-14(19)20-2)13(18)8-10-4-5-11(15)9-12(10)16/h4-5,9H,3,6-8H2,1-2H3. The summed E-state index contributed by atoms with van der Waals surface area (Å²) in [6.45, 7) is 2.73. The van der Waals surface area contributed by atoms with Gasteiger partial charge in [-0.05, 0) is 24.6 Å². The first kappa shape index (κ1) is 16.8. The lowest BCUT2D eigenvalue weighted by Gasteiger charge is -2.20. The highest BCUT2D eigenvalue weighted by molar-refractivity contribution is 6.35. The predicted octanol–water partition coefficient (Wildman–Crippen LogP) is 2.95. The lowest BCUT2D eigenvalue weighted by molar-refractivity contribution is -0.141. The zero-order valence-electron chi connectivity index (χ0n) is 11.5. The molecule has 0 aliphatic rings. The van der Waals surface area contributed by atoms with Crippen molar-refractivity contribution in [2.45, 2.75) is 19.8 Å². The maximum atomic E-state index is 12.2. The van der Waals surface area contributed by atoms with Crippen molar-refractivity contribution >= 4 is 35.1 Å². The van der Waals surface area contributed by atoms with Gasteiger partial charge in [-0.3, -0.25) is 9.59 Å². The Morgan fingerprint density at radius 1 is 1.30 bits per heavy atom. The number of rotatable bonds is 6. The summed E-state index contributed by atoms with van der Waals surface area (Å²) in [6, 6.07) is 5.04. The van der Waals surface area contributed by atoms with Gasteiger partial charge in [-0.1, -0.05) is 29.3 Å². The highest BCUT2D eigenvalue weighted by Crippen LogP contribution is 2.21. The van der Waals surface area contributed by atoms with Crippen LogP contribution in [0.2, 0.25) is 10.0 Å². The van der Waals surface area contributed by atoms with Crippen LogP contribution in [-0.4, -0.2) is 37.0 Å². The molecule has 0 bridgehead atoms. The van der Waals surface area contributed by atoms with Crippen LogP contribution in [0.25, 0.3) is 0 Å². The summed E-state index contributed by atoms with van der Waals surface area (Å²) in [5, 5.41) is 0.999. The third-order valence-corrected chi connectivity index (χ3v) is 3.49. The number of benzene rings is 1. The molecule has 0 heterocycles. The highest BCUT2D eigenvalue weighted by atomic mass is 35.5. The number of ether oxygens (including phenoxy) is 1. The van der Waals surface area contributed by atoms with Gasteiger partial charge in [0, 0.05) is 23.1 Å². The van der Waals surface area contributed by atoms with E-state index >= 15 is 0 Å². The maximum Gasteiger partial charge on any atom is 0.307 e. The molecule has 6 heteroatoms. The fraction of sp³-hybridized carbons (Fsp3) is 0.429. The lowest BCUT2D eigenvalue weighted by atomic mass is 10.1. The second-order valence-corrected chi connectivity index (χ2v) is 5.06. The molecule has 0 unspecified atom stereocenters. The summed E-state index contributed by atoms with van der Waals surface area (Å²) in [5.41, 5.74) is 0.720. The van der Waals surface area contributed by atoms with E-state index in [9.17, 15) is 9.59 Å². The van der Waals surface area contributed by atoms with E-state index in [1.165, 1.54) is 7.11 Å². The van der Waals surface area contributed by atoms with E-state index in [4.69, 9.17) is 23.2 Å². The molecule has 0 saturated heterocycles. The van der Waals surface area contributed by atoms with Crippen LogP contribution in [0.1, 0.15) is 18.9 Å². The summed E-state index contributed by atoms with van der Waals surface area (Å²) < 4.78 is 4.56. The smallest absolute Gasteiger partial charge is 0.307 e. The zero-order valence-corrected chi connectivity index (χ0v) is 13.0. The summed E-state index contributed by atoms with van der Waals surface area (Å²) in [7, 11) is 1.33. The molecule has 0 aliphatic heterocycles. The average molecular weight is 318 g/mol. The van der Waals surface area contributed by atoms with E-state index in [-0.39, 0.29) is 24.7 Å². The minimum atomic E-state index is -0.333. The van der Waals surface area contributed by atoms with Gasteiger partial charge >= 0.3 is 5.97 Å². The molecule has 4 nitrogen and oxygen atoms in total. The first-order chi connectivity index (χ1) is 9.47. The van der Waals surface area contributed by atoms with Crippen LogP contribution in [0.15, 0.2) is 18.2 Å². The molecule has 0 aliphatic carbocycles. The first-order valence-corrected chi connectivity index (χ1v) is 7.02. The molecule has 110 valence electrons. The normalized spacial score (nSPS) is 10.2. The number of likely N-dealkylation sites (N-methyl/N-ethyl adjacent to an activating group) is 1. The van der Waals surface area contributed by atoms with Gasteiger partial charge in [0.2, 0.25) is 5.91 Å². The molecule has 0 saturated carbocycles. The third-order valence-electron chi connectivity index (χ3n) is 2.90. The Morgan fingerprint density at radius 2 is 2.00 bits per heavy atom. The van der Waals surface area contributed by atoms with Gasteiger partial charge in [0.1, 0.15) is 0 Å². The Balaban J connectivity index is 2.65. The minimum Gasteiger partial charge on any atom is -0.469 e. The number of halogens is 2. The van der Waals surface area contributed by atoms with Crippen LogP contribution in [0.3, 0.4) is 0 Å². The number of carbonyl (C=O) groups is 2. The first-order valence-electron chi connectivity index (χ1n) is 6.26. The molecule has 0 fully saturated rings. The van der Waals surface area contributed by atoms with E-state index in [1.807, 2.05) is 6.92 Å². The zero-order chi connectivity index (χ0) is 15.1. The van der Waals surface area contributed by atoms with Crippen LogP contribution in [0.5, 0.6) is 0 Å². The quantitative estimate of drug-likeness (QED) is 0.758. The molecule has 0 atom stereocenters. The molecule has 1 amide bonds.